The summed E-state index contributed by atoms with van der Waals surface area (Å²) in [4.78, 5) is 24.6. The van der Waals surface area contributed by atoms with Gasteiger partial charge in [0, 0.05) is 5.56 Å². The van der Waals surface area contributed by atoms with Gasteiger partial charge in [0.25, 0.3) is 0 Å². The molecule has 0 aromatic heterocycles. The van der Waals surface area contributed by atoms with Crippen molar-refractivity contribution in [2.24, 2.45) is 0 Å². The molecule has 0 radical (unpaired) electrons. The molecule has 0 aliphatic rings. The molecule has 0 amide bonds. The van der Waals surface area contributed by atoms with E-state index in [0.29, 0.717) is 23.5 Å². The molecular formula is C26H24O4. The lowest BCUT2D eigenvalue weighted by Gasteiger charge is -2.07. The second-order valence-electron chi connectivity index (χ2n) is 6.75. The second kappa shape index (κ2) is 10.8. The fourth-order valence-electron chi connectivity index (χ4n) is 2.71. The molecule has 0 N–H and O–H groups in total. The average Bonchev–Trinajstić information content (AvgIpc) is 2.79. The zero-order valence-electron chi connectivity index (χ0n) is 16.9. The van der Waals surface area contributed by atoms with Gasteiger partial charge in [-0.1, -0.05) is 49.8 Å². The maximum Gasteiger partial charge on any atom is 0.343 e. The van der Waals surface area contributed by atoms with E-state index in [1.165, 1.54) is 6.08 Å². The minimum Gasteiger partial charge on any atom is -0.494 e. The highest BCUT2D eigenvalue weighted by Gasteiger charge is 2.10. The lowest BCUT2D eigenvalue weighted by Crippen LogP contribution is -2.08. The Kier molecular flexibility index (Phi) is 7.56. The maximum absolute atomic E-state index is 12.3. The molecule has 4 nitrogen and oxygen atoms in total. The number of rotatable bonds is 9. The predicted octanol–water partition coefficient (Wildman–Crippen LogP) is 5.98. The number of allylic oxidation sites excluding steroid dienone is 1. The normalized spacial score (nSPS) is 10.7. The average molecular weight is 400 g/mol. The SMILES string of the molecule is CCCCOc1ccc(C(=O)Oc2ccc(C(=O)/C=C/c3ccccc3)cc2)cc1. The van der Waals surface area contributed by atoms with E-state index in [9.17, 15) is 9.59 Å². The number of hydrogen-bond acceptors (Lipinski definition) is 4. The lowest BCUT2D eigenvalue weighted by molar-refractivity contribution is 0.0734. The Morgan fingerprint density at radius 1 is 0.800 bits per heavy atom. The summed E-state index contributed by atoms with van der Waals surface area (Å²) in [5.41, 5.74) is 1.91. The maximum atomic E-state index is 12.3. The van der Waals surface area contributed by atoms with E-state index in [0.717, 1.165) is 24.2 Å². The van der Waals surface area contributed by atoms with Crippen molar-refractivity contribution in [3.05, 3.63) is 102 Å². The summed E-state index contributed by atoms with van der Waals surface area (Å²) in [5.74, 6) is 0.534. The van der Waals surface area contributed by atoms with Crippen LogP contribution in [0.1, 0.15) is 46.0 Å². The quantitative estimate of drug-likeness (QED) is 0.146. The van der Waals surface area contributed by atoms with Crippen molar-refractivity contribution in [3.63, 3.8) is 0 Å². The van der Waals surface area contributed by atoms with Crippen LogP contribution in [0, 0.1) is 0 Å². The molecule has 0 fully saturated rings. The summed E-state index contributed by atoms with van der Waals surface area (Å²) in [6.07, 6.45) is 5.36. The third-order valence-corrected chi connectivity index (χ3v) is 4.43. The molecule has 0 saturated heterocycles. The van der Waals surface area contributed by atoms with Crippen LogP contribution >= 0.6 is 0 Å². The van der Waals surface area contributed by atoms with Crippen LogP contribution in [0.5, 0.6) is 11.5 Å². The van der Waals surface area contributed by atoms with Crippen LogP contribution in [0.15, 0.2) is 84.9 Å². The van der Waals surface area contributed by atoms with Gasteiger partial charge in [-0.15, -0.1) is 0 Å². The van der Waals surface area contributed by atoms with Crippen molar-refractivity contribution in [1.29, 1.82) is 0 Å². The molecule has 0 aliphatic heterocycles. The minimum atomic E-state index is -0.460. The Hall–Kier alpha value is -3.66. The Bertz CT molecular complexity index is 987. The molecular weight excluding hydrogens is 376 g/mol. The third-order valence-electron chi connectivity index (χ3n) is 4.43. The molecule has 0 bridgehead atoms. The molecule has 3 aromatic rings. The van der Waals surface area contributed by atoms with Gasteiger partial charge < -0.3 is 9.47 Å². The zero-order valence-corrected chi connectivity index (χ0v) is 16.9. The van der Waals surface area contributed by atoms with Crippen molar-refractivity contribution in [3.8, 4) is 11.5 Å². The van der Waals surface area contributed by atoms with Gasteiger partial charge >= 0.3 is 5.97 Å². The molecule has 0 aliphatic carbocycles. The molecule has 3 aromatic carbocycles. The highest BCUT2D eigenvalue weighted by Crippen LogP contribution is 2.17. The second-order valence-corrected chi connectivity index (χ2v) is 6.75. The molecule has 0 spiro atoms. The number of carbonyl (C=O) groups excluding carboxylic acids is 2. The van der Waals surface area contributed by atoms with E-state index >= 15 is 0 Å². The molecule has 0 atom stereocenters. The molecule has 30 heavy (non-hydrogen) atoms. The van der Waals surface area contributed by atoms with Crippen molar-refractivity contribution in [2.75, 3.05) is 6.61 Å². The molecule has 3 rings (SSSR count). The van der Waals surface area contributed by atoms with Gasteiger partial charge in [-0.3, -0.25) is 4.79 Å². The van der Waals surface area contributed by atoms with Gasteiger partial charge in [-0.25, -0.2) is 4.79 Å². The largest absolute Gasteiger partial charge is 0.494 e. The van der Waals surface area contributed by atoms with E-state index in [4.69, 9.17) is 9.47 Å². The highest BCUT2D eigenvalue weighted by molar-refractivity contribution is 6.06. The first kappa shape index (κ1) is 21.1. The Morgan fingerprint density at radius 3 is 2.10 bits per heavy atom. The lowest BCUT2D eigenvalue weighted by atomic mass is 10.1. The molecule has 4 heteroatoms. The van der Waals surface area contributed by atoms with Gasteiger partial charge in [-0.05, 0) is 66.6 Å². The van der Waals surface area contributed by atoms with Crippen LogP contribution in [0.2, 0.25) is 0 Å². The summed E-state index contributed by atoms with van der Waals surface area (Å²) in [6.45, 7) is 2.76. The van der Waals surface area contributed by atoms with Crippen LogP contribution in [0.4, 0.5) is 0 Å². The van der Waals surface area contributed by atoms with Crippen LogP contribution in [-0.4, -0.2) is 18.4 Å². The standard InChI is InChI=1S/C26H24O4/c1-2-3-19-29-23-14-12-22(13-15-23)26(28)30-24-16-10-21(11-17-24)25(27)18-9-20-7-5-4-6-8-20/h4-18H,2-3,19H2,1H3/b18-9+. The number of esters is 1. The zero-order chi connectivity index (χ0) is 21.2. The summed E-state index contributed by atoms with van der Waals surface area (Å²) < 4.78 is 11.0. The first-order chi connectivity index (χ1) is 14.7. The summed E-state index contributed by atoms with van der Waals surface area (Å²) in [6, 6.07) is 23.0. The Morgan fingerprint density at radius 2 is 1.43 bits per heavy atom. The van der Waals surface area contributed by atoms with Gasteiger partial charge in [0.1, 0.15) is 11.5 Å². The van der Waals surface area contributed by atoms with Crippen LogP contribution in [0.25, 0.3) is 6.08 Å². The molecule has 0 heterocycles. The van der Waals surface area contributed by atoms with E-state index in [1.54, 1.807) is 54.6 Å². The summed E-state index contributed by atoms with van der Waals surface area (Å²) in [7, 11) is 0. The molecule has 0 unspecified atom stereocenters. The topological polar surface area (TPSA) is 52.6 Å². The van der Waals surface area contributed by atoms with Crippen molar-refractivity contribution in [2.45, 2.75) is 19.8 Å². The number of benzene rings is 3. The van der Waals surface area contributed by atoms with Crippen LogP contribution < -0.4 is 9.47 Å². The third kappa shape index (κ3) is 6.17. The van der Waals surface area contributed by atoms with Gasteiger partial charge in [-0.2, -0.15) is 0 Å². The van der Waals surface area contributed by atoms with Crippen molar-refractivity contribution in [1.82, 2.24) is 0 Å². The first-order valence-electron chi connectivity index (χ1n) is 9.98. The van der Waals surface area contributed by atoms with E-state index < -0.39 is 5.97 Å². The Balaban J connectivity index is 1.56. The molecule has 152 valence electrons. The summed E-state index contributed by atoms with van der Waals surface area (Å²) in [5, 5.41) is 0. The van der Waals surface area contributed by atoms with Crippen molar-refractivity contribution >= 4 is 17.8 Å². The van der Waals surface area contributed by atoms with Crippen LogP contribution in [-0.2, 0) is 0 Å². The number of unbranched alkanes of at least 4 members (excludes halogenated alkanes) is 1. The van der Waals surface area contributed by atoms with Gasteiger partial charge in [0.15, 0.2) is 5.78 Å². The smallest absolute Gasteiger partial charge is 0.343 e. The monoisotopic (exact) mass is 400 g/mol. The number of carbonyl (C=O) groups is 2. The Labute approximate surface area is 176 Å². The minimum absolute atomic E-state index is 0.115. The number of hydrogen-bond donors (Lipinski definition) is 0. The number of ketones is 1. The van der Waals surface area contributed by atoms with E-state index in [-0.39, 0.29) is 5.78 Å². The number of ether oxygens (including phenoxy) is 2. The van der Waals surface area contributed by atoms with Gasteiger partial charge in [0.2, 0.25) is 0 Å². The van der Waals surface area contributed by atoms with Crippen molar-refractivity contribution < 1.29 is 19.1 Å². The highest BCUT2D eigenvalue weighted by atomic mass is 16.5. The van der Waals surface area contributed by atoms with E-state index in [1.807, 2.05) is 30.3 Å². The molecule has 0 saturated carbocycles. The fourth-order valence-corrected chi connectivity index (χ4v) is 2.71. The first-order valence-corrected chi connectivity index (χ1v) is 9.98. The van der Waals surface area contributed by atoms with E-state index in [2.05, 4.69) is 6.92 Å². The predicted molar refractivity (Wildman–Crippen MR) is 118 cm³/mol. The van der Waals surface area contributed by atoms with Crippen LogP contribution in [0.3, 0.4) is 0 Å². The summed E-state index contributed by atoms with van der Waals surface area (Å²) >= 11 is 0. The fraction of sp³-hybridized carbons (Fsp3) is 0.154. The van der Waals surface area contributed by atoms with Gasteiger partial charge in [0.05, 0.1) is 12.2 Å².